The molecular formula is C13H18N2O. The Morgan fingerprint density at radius 1 is 1.38 bits per heavy atom. The van der Waals surface area contributed by atoms with E-state index in [1.807, 2.05) is 18.2 Å². The lowest BCUT2D eigenvalue weighted by Crippen LogP contribution is -2.35. The number of carbonyl (C=O) groups is 1. The number of benzene rings is 1. The summed E-state index contributed by atoms with van der Waals surface area (Å²) in [7, 11) is 0. The minimum atomic E-state index is -0.0124. The van der Waals surface area contributed by atoms with Gasteiger partial charge in [0.1, 0.15) is 0 Å². The van der Waals surface area contributed by atoms with Crippen molar-refractivity contribution in [1.29, 1.82) is 0 Å². The molecule has 0 bridgehead atoms. The van der Waals surface area contributed by atoms with Crippen LogP contribution in [0.4, 0.5) is 5.69 Å². The van der Waals surface area contributed by atoms with Crippen LogP contribution in [0.15, 0.2) is 18.2 Å². The summed E-state index contributed by atoms with van der Waals surface area (Å²) in [5, 5.41) is 6.14. The van der Waals surface area contributed by atoms with Crippen molar-refractivity contribution in [2.24, 2.45) is 0 Å². The standard InChI is InChI=1S/C13H18N2O/c1-9-5-6-11(8-10(9)2)15-13(16)12-4-3-7-14-12/h5-6,8,12,14H,3-4,7H2,1-2H3,(H,15,16)/t12-/m0/s1. The second-order valence-corrected chi connectivity index (χ2v) is 4.44. The number of nitrogens with one attached hydrogen (secondary N) is 2. The molecule has 1 heterocycles. The van der Waals surface area contributed by atoms with Gasteiger partial charge >= 0.3 is 0 Å². The highest BCUT2D eigenvalue weighted by molar-refractivity contribution is 5.95. The zero-order valence-corrected chi connectivity index (χ0v) is 9.84. The Kier molecular flexibility index (Phi) is 3.25. The summed E-state index contributed by atoms with van der Waals surface area (Å²) in [5.74, 6) is 0.0840. The molecule has 1 aliphatic heterocycles. The van der Waals surface area contributed by atoms with Crippen molar-refractivity contribution in [3.63, 3.8) is 0 Å². The lowest BCUT2D eigenvalue weighted by Gasteiger charge is -2.12. The molecule has 3 nitrogen and oxygen atoms in total. The predicted molar refractivity (Wildman–Crippen MR) is 65.6 cm³/mol. The van der Waals surface area contributed by atoms with Crippen molar-refractivity contribution in [3.05, 3.63) is 29.3 Å². The van der Waals surface area contributed by atoms with Crippen LogP contribution in [0.25, 0.3) is 0 Å². The molecule has 0 spiro atoms. The number of rotatable bonds is 2. The molecule has 2 rings (SSSR count). The fourth-order valence-electron chi connectivity index (χ4n) is 1.96. The third-order valence-electron chi connectivity index (χ3n) is 3.15. The molecule has 16 heavy (non-hydrogen) atoms. The summed E-state index contributed by atoms with van der Waals surface area (Å²) in [6, 6.07) is 5.99. The van der Waals surface area contributed by atoms with Crippen molar-refractivity contribution in [2.45, 2.75) is 32.7 Å². The van der Waals surface area contributed by atoms with Crippen LogP contribution < -0.4 is 10.6 Å². The normalized spacial score (nSPS) is 19.8. The summed E-state index contributed by atoms with van der Waals surface area (Å²) >= 11 is 0. The highest BCUT2D eigenvalue weighted by Gasteiger charge is 2.21. The first kappa shape index (κ1) is 11.1. The fourth-order valence-corrected chi connectivity index (χ4v) is 1.96. The molecule has 1 fully saturated rings. The minimum absolute atomic E-state index is 0.0124. The van der Waals surface area contributed by atoms with Gasteiger partial charge < -0.3 is 10.6 Å². The first-order valence-electron chi connectivity index (χ1n) is 5.78. The van der Waals surface area contributed by atoms with E-state index < -0.39 is 0 Å². The van der Waals surface area contributed by atoms with Crippen LogP contribution in [0.5, 0.6) is 0 Å². The Morgan fingerprint density at radius 2 is 2.19 bits per heavy atom. The molecule has 0 unspecified atom stereocenters. The zero-order valence-electron chi connectivity index (χ0n) is 9.84. The number of hydrogen-bond donors (Lipinski definition) is 2. The molecule has 2 N–H and O–H groups in total. The number of carbonyl (C=O) groups excluding carboxylic acids is 1. The van der Waals surface area contributed by atoms with Crippen LogP contribution in [0.2, 0.25) is 0 Å². The average Bonchev–Trinajstić information content (AvgIpc) is 2.77. The van der Waals surface area contributed by atoms with Gasteiger partial charge in [-0.25, -0.2) is 0 Å². The van der Waals surface area contributed by atoms with Crippen molar-refractivity contribution in [3.8, 4) is 0 Å². The van der Waals surface area contributed by atoms with Crippen LogP contribution in [-0.2, 0) is 4.79 Å². The van der Waals surface area contributed by atoms with E-state index in [4.69, 9.17) is 0 Å². The SMILES string of the molecule is Cc1ccc(NC(=O)[C@@H]2CCCN2)cc1C. The molecule has 1 amide bonds. The summed E-state index contributed by atoms with van der Waals surface area (Å²) < 4.78 is 0. The van der Waals surface area contributed by atoms with E-state index in [2.05, 4.69) is 24.5 Å². The van der Waals surface area contributed by atoms with Gasteiger partial charge in [-0.2, -0.15) is 0 Å². The van der Waals surface area contributed by atoms with Crippen LogP contribution in [0.3, 0.4) is 0 Å². The predicted octanol–water partition coefficient (Wildman–Crippen LogP) is 1.99. The van der Waals surface area contributed by atoms with Gasteiger partial charge in [0, 0.05) is 5.69 Å². The first-order chi connectivity index (χ1) is 7.66. The molecule has 1 aromatic rings. The Morgan fingerprint density at radius 3 is 2.81 bits per heavy atom. The Labute approximate surface area is 96.2 Å². The number of anilines is 1. The number of amides is 1. The highest BCUT2D eigenvalue weighted by atomic mass is 16.2. The van der Waals surface area contributed by atoms with Gasteiger partial charge in [0.05, 0.1) is 6.04 Å². The lowest BCUT2D eigenvalue weighted by molar-refractivity contribution is -0.117. The monoisotopic (exact) mass is 218 g/mol. The van der Waals surface area contributed by atoms with Gasteiger partial charge in [-0.05, 0) is 56.5 Å². The van der Waals surface area contributed by atoms with E-state index in [1.165, 1.54) is 11.1 Å². The molecule has 86 valence electrons. The molecule has 1 atom stereocenters. The Balaban J connectivity index is 2.02. The number of aryl methyl sites for hydroxylation is 2. The fraction of sp³-hybridized carbons (Fsp3) is 0.462. The summed E-state index contributed by atoms with van der Waals surface area (Å²) in [4.78, 5) is 11.8. The van der Waals surface area contributed by atoms with Gasteiger partial charge in [-0.3, -0.25) is 4.79 Å². The quantitative estimate of drug-likeness (QED) is 0.797. The van der Waals surface area contributed by atoms with Crippen LogP contribution in [0, 0.1) is 13.8 Å². The third-order valence-corrected chi connectivity index (χ3v) is 3.15. The van der Waals surface area contributed by atoms with E-state index >= 15 is 0 Å². The van der Waals surface area contributed by atoms with Crippen molar-refractivity contribution in [1.82, 2.24) is 5.32 Å². The maximum Gasteiger partial charge on any atom is 0.241 e. The molecule has 1 aliphatic rings. The second-order valence-electron chi connectivity index (χ2n) is 4.44. The first-order valence-corrected chi connectivity index (χ1v) is 5.78. The molecule has 1 saturated heterocycles. The molecule has 0 aliphatic carbocycles. The van der Waals surface area contributed by atoms with Crippen LogP contribution in [-0.4, -0.2) is 18.5 Å². The van der Waals surface area contributed by atoms with E-state index in [1.54, 1.807) is 0 Å². The summed E-state index contributed by atoms with van der Waals surface area (Å²) in [6.45, 7) is 5.07. The zero-order chi connectivity index (χ0) is 11.5. The maximum absolute atomic E-state index is 11.8. The maximum atomic E-state index is 11.8. The van der Waals surface area contributed by atoms with Gasteiger partial charge in [0.15, 0.2) is 0 Å². The summed E-state index contributed by atoms with van der Waals surface area (Å²) in [6.07, 6.45) is 2.03. The van der Waals surface area contributed by atoms with E-state index in [-0.39, 0.29) is 11.9 Å². The second kappa shape index (κ2) is 4.66. The van der Waals surface area contributed by atoms with Gasteiger partial charge in [0.25, 0.3) is 0 Å². The van der Waals surface area contributed by atoms with Gasteiger partial charge in [-0.1, -0.05) is 6.07 Å². The van der Waals surface area contributed by atoms with Crippen LogP contribution >= 0.6 is 0 Å². The van der Waals surface area contributed by atoms with E-state index in [0.717, 1.165) is 25.1 Å². The smallest absolute Gasteiger partial charge is 0.241 e. The topological polar surface area (TPSA) is 41.1 Å². The lowest BCUT2D eigenvalue weighted by atomic mass is 10.1. The van der Waals surface area contributed by atoms with Gasteiger partial charge in [0.2, 0.25) is 5.91 Å². The average molecular weight is 218 g/mol. The molecular weight excluding hydrogens is 200 g/mol. The molecule has 0 aromatic heterocycles. The molecule has 1 aromatic carbocycles. The van der Waals surface area contributed by atoms with E-state index in [0.29, 0.717) is 0 Å². The summed E-state index contributed by atoms with van der Waals surface area (Å²) in [5.41, 5.74) is 3.34. The highest BCUT2D eigenvalue weighted by Crippen LogP contribution is 2.15. The van der Waals surface area contributed by atoms with Crippen LogP contribution in [0.1, 0.15) is 24.0 Å². The Hall–Kier alpha value is -1.35. The van der Waals surface area contributed by atoms with Gasteiger partial charge in [-0.15, -0.1) is 0 Å². The largest absolute Gasteiger partial charge is 0.325 e. The third kappa shape index (κ3) is 2.42. The van der Waals surface area contributed by atoms with E-state index in [9.17, 15) is 4.79 Å². The Bertz CT molecular complexity index is 395. The van der Waals surface area contributed by atoms with Crippen molar-refractivity contribution in [2.75, 3.05) is 11.9 Å². The van der Waals surface area contributed by atoms with Crippen molar-refractivity contribution < 1.29 is 4.79 Å². The minimum Gasteiger partial charge on any atom is -0.325 e. The molecule has 0 radical (unpaired) electrons. The molecule has 0 saturated carbocycles. The number of hydrogen-bond acceptors (Lipinski definition) is 2. The van der Waals surface area contributed by atoms with Crippen molar-refractivity contribution >= 4 is 11.6 Å². The molecule has 3 heteroatoms.